The smallest absolute Gasteiger partial charge is 0.339 e. The molecule has 1 aromatic rings. The van der Waals surface area contributed by atoms with Crippen LogP contribution in [0.15, 0.2) is 12.1 Å². The minimum Gasteiger partial charge on any atom is -0.465 e. The van der Waals surface area contributed by atoms with Crippen molar-refractivity contribution in [2.75, 3.05) is 19.4 Å². The van der Waals surface area contributed by atoms with Crippen LogP contribution in [0.25, 0.3) is 0 Å². The van der Waals surface area contributed by atoms with Crippen molar-refractivity contribution in [2.24, 2.45) is 0 Å². The molecule has 1 aliphatic heterocycles. The van der Waals surface area contributed by atoms with E-state index in [4.69, 9.17) is 10.5 Å². The average molecular weight is 248 g/mol. The normalized spacial score (nSPS) is 14.6. The van der Waals surface area contributed by atoms with Crippen LogP contribution in [0.4, 0.5) is 5.69 Å². The Kier molecular flexibility index (Phi) is 3.87. The van der Waals surface area contributed by atoms with Crippen LogP contribution in [0.2, 0.25) is 0 Å². The second kappa shape index (κ2) is 5.40. The Bertz CT molecular complexity index is 457. The summed E-state index contributed by atoms with van der Waals surface area (Å²) in [5, 5.41) is 0. The largest absolute Gasteiger partial charge is 0.465 e. The van der Waals surface area contributed by atoms with Crippen molar-refractivity contribution in [2.45, 2.75) is 32.9 Å². The Morgan fingerprint density at radius 1 is 1.44 bits per heavy atom. The fourth-order valence-electron chi connectivity index (χ4n) is 2.39. The molecule has 0 saturated carbocycles. The second-order valence-electron chi connectivity index (χ2n) is 4.72. The van der Waals surface area contributed by atoms with Gasteiger partial charge in [0.15, 0.2) is 0 Å². The number of esters is 1. The Morgan fingerprint density at radius 2 is 2.22 bits per heavy atom. The zero-order valence-electron chi connectivity index (χ0n) is 11.0. The number of hydrogen-bond acceptors (Lipinski definition) is 4. The van der Waals surface area contributed by atoms with Crippen molar-refractivity contribution in [1.82, 2.24) is 4.90 Å². The van der Waals surface area contributed by atoms with Crippen LogP contribution < -0.4 is 5.73 Å². The average Bonchev–Trinajstić information content (AvgIpc) is 2.80. The summed E-state index contributed by atoms with van der Waals surface area (Å²) >= 11 is 0. The highest BCUT2D eigenvalue weighted by atomic mass is 16.5. The summed E-state index contributed by atoms with van der Waals surface area (Å²) in [4.78, 5) is 13.9. The van der Waals surface area contributed by atoms with E-state index in [9.17, 15) is 4.79 Å². The molecule has 0 unspecified atom stereocenters. The Balaban J connectivity index is 2.20. The van der Waals surface area contributed by atoms with E-state index in [2.05, 4.69) is 11.8 Å². The number of nitrogens with two attached hydrogens (primary N) is 1. The number of methoxy groups -OCH3 is 1. The van der Waals surface area contributed by atoms with Gasteiger partial charge in [0.05, 0.1) is 18.4 Å². The summed E-state index contributed by atoms with van der Waals surface area (Å²) in [6, 6.07) is 3.76. The molecule has 18 heavy (non-hydrogen) atoms. The predicted octanol–water partition coefficient (Wildman–Crippen LogP) is 2.17. The third kappa shape index (κ3) is 2.34. The van der Waals surface area contributed by atoms with Gasteiger partial charge in [-0.2, -0.15) is 0 Å². The molecule has 2 rings (SSSR count). The van der Waals surface area contributed by atoms with E-state index in [1.807, 2.05) is 6.07 Å². The molecule has 0 bridgehead atoms. The molecule has 2 N–H and O–H groups in total. The molecule has 0 aromatic heterocycles. The SMILES string of the molecule is CCCCN1Cc2ccc(C(=O)OC)c(N)c2C1. The van der Waals surface area contributed by atoms with Crippen LogP contribution >= 0.6 is 0 Å². The van der Waals surface area contributed by atoms with Crippen molar-refractivity contribution in [3.63, 3.8) is 0 Å². The fourth-order valence-corrected chi connectivity index (χ4v) is 2.39. The van der Waals surface area contributed by atoms with Crippen LogP contribution in [0.5, 0.6) is 0 Å². The van der Waals surface area contributed by atoms with E-state index < -0.39 is 0 Å². The van der Waals surface area contributed by atoms with Crippen molar-refractivity contribution >= 4 is 11.7 Å². The maximum Gasteiger partial charge on any atom is 0.339 e. The quantitative estimate of drug-likeness (QED) is 0.655. The number of hydrogen-bond donors (Lipinski definition) is 1. The molecule has 0 saturated heterocycles. The number of ether oxygens (including phenoxy) is 1. The van der Waals surface area contributed by atoms with E-state index in [0.717, 1.165) is 25.2 Å². The van der Waals surface area contributed by atoms with Crippen LogP contribution in [-0.2, 0) is 17.8 Å². The molecule has 0 atom stereocenters. The van der Waals surface area contributed by atoms with Gasteiger partial charge in [0.25, 0.3) is 0 Å². The lowest BCUT2D eigenvalue weighted by molar-refractivity contribution is 0.0602. The van der Waals surface area contributed by atoms with Gasteiger partial charge in [-0.3, -0.25) is 4.90 Å². The molecule has 1 aliphatic rings. The number of fused-ring (bicyclic) bond motifs is 1. The lowest BCUT2D eigenvalue weighted by Crippen LogP contribution is -2.17. The third-order valence-corrected chi connectivity index (χ3v) is 3.46. The first-order valence-electron chi connectivity index (χ1n) is 6.38. The molecule has 4 nitrogen and oxygen atoms in total. The van der Waals surface area contributed by atoms with Gasteiger partial charge in [0.2, 0.25) is 0 Å². The molecule has 0 spiro atoms. The highest BCUT2D eigenvalue weighted by Crippen LogP contribution is 2.30. The molecular formula is C14H20N2O2. The van der Waals surface area contributed by atoms with E-state index in [1.165, 1.54) is 25.5 Å². The summed E-state index contributed by atoms with van der Waals surface area (Å²) < 4.78 is 4.74. The first-order valence-corrected chi connectivity index (χ1v) is 6.38. The number of nitrogens with zero attached hydrogens (tertiary/aromatic N) is 1. The van der Waals surface area contributed by atoms with Gasteiger partial charge < -0.3 is 10.5 Å². The summed E-state index contributed by atoms with van der Waals surface area (Å²) in [5.41, 5.74) is 9.46. The van der Waals surface area contributed by atoms with E-state index in [-0.39, 0.29) is 5.97 Å². The Labute approximate surface area is 108 Å². The highest BCUT2D eigenvalue weighted by Gasteiger charge is 2.23. The number of rotatable bonds is 4. The Morgan fingerprint density at radius 3 is 2.89 bits per heavy atom. The van der Waals surface area contributed by atoms with Gasteiger partial charge in [-0.25, -0.2) is 4.79 Å². The van der Waals surface area contributed by atoms with E-state index in [0.29, 0.717) is 11.3 Å². The van der Waals surface area contributed by atoms with Gasteiger partial charge in [0.1, 0.15) is 0 Å². The van der Waals surface area contributed by atoms with Crippen LogP contribution in [0.1, 0.15) is 41.3 Å². The van der Waals surface area contributed by atoms with Gasteiger partial charge in [-0.1, -0.05) is 19.4 Å². The highest BCUT2D eigenvalue weighted by molar-refractivity contribution is 5.96. The van der Waals surface area contributed by atoms with Gasteiger partial charge in [-0.15, -0.1) is 0 Å². The van der Waals surface area contributed by atoms with Crippen molar-refractivity contribution in [1.29, 1.82) is 0 Å². The monoisotopic (exact) mass is 248 g/mol. The molecule has 4 heteroatoms. The molecule has 1 heterocycles. The predicted molar refractivity (Wildman–Crippen MR) is 71.2 cm³/mol. The van der Waals surface area contributed by atoms with Gasteiger partial charge in [-0.05, 0) is 30.2 Å². The molecule has 0 amide bonds. The van der Waals surface area contributed by atoms with Crippen LogP contribution in [0.3, 0.4) is 0 Å². The van der Waals surface area contributed by atoms with Crippen LogP contribution in [-0.4, -0.2) is 24.5 Å². The molecule has 0 radical (unpaired) electrons. The third-order valence-electron chi connectivity index (χ3n) is 3.46. The maximum atomic E-state index is 11.6. The van der Waals surface area contributed by atoms with Crippen LogP contribution in [0, 0.1) is 0 Å². The van der Waals surface area contributed by atoms with E-state index in [1.54, 1.807) is 6.07 Å². The summed E-state index contributed by atoms with van der Waals surface area (Å²) in [7, 11) is 1.38. The number of carbonyl (C=O) groups is 1. The number of anilines is 1. The number of unbranched alkanes of at least 4 members (excludes halogenated alkanes) is 1. The minimum absolute atomic E-state index is 0.359. The molecule has 1 aromatic carbocycles. The standard InChI is InChI=1S/C14H20N2O2/c1-3-4-7-16-8-10-5-6-11(14(17)18-2)13(15)12(10)9-16/h5-6H,3-4,7-9,15H2,1-2H3. The fraction of sp³-hybridized carbons (Fsp3) is 0.500. The van der Waals surface area contributed by atoms with Gasteiger partial charge >= 0.3 is 5.97 Å². The second-order valence-corrected chi connectivity index (χ2v) is 4.72. The van der Waals surface area contributed by atoms with Crippen molar-refractivity contribution in [3.8, 4) is 0 Å². The summed E-state index contributed by atoms with van der Waals surface area (Å²) in [6.07, 6.45) is 2.38. The lowest BCUT2D eigenvalue weighted by atomic mass is 10.0. The molecule has 0 fully saturated rings. The van der Waals surface area contributed by atoms with Crippen molar-refractivity contribution < 1.29 is 9.53 Å². The number of carbonyl (C=O) groups excluding carboxylic acids is 1. The zero-order valence-corrected chi connectivity index (χ0v) is 11.0. The van der Waals surface area contributed by atoms with E-state index >= 15 is 0 Å². The lowest BCUT2D eigenvalue weighted by Gasteiger charge is -2.13. The first-order chi connectivity index (χ1) is 8.67. The Hall–Kier alpha value is -1.55. The number of benzene rings is 1. The zero-order chi connectivity index (χ0) is 13.1. The molecule has 0 aliphatic carbocycles. The maximum absolute atomic E-state index is 11.6. The summed E-state index contributed by atoms with van der Waals surface area (Å²) in [6.45, 7) is 5.04. The topological polar surface area (TPSA) is 55.6 Å². The molecular weight excluding hydrogens is 228 g/mol. The summed E-state index contributed by atoms with van der Waals surface area (Å²) in [5.74, 6) is -0.359. The van der Waals surface area contributed by atoms with Gasteiger partial charge in [0, 0.05) is 13.1 Å². The van der Waals surface area contributed by atoms with Crippen molar-refractivity contribution in [3.05, 3.63) is 28.8 Å². The first kappa shape index (κ1) is 12.9. The number of nitrogen functional groups attached to an aromatic ring is 1. The molecule has 98 valence electrons. The minimum atomic E-state index is -0.359.